The van der Waals surface area contributed by atoms with Gasteiger partial charge in [-0.25, -0.2) is 4.79 Å². The highest BCUT2D eigenvalue weighted by molar-refractivity contribution is 5.91. The number of aliphatic carboxylic acids is 1. The molecule has 1 aromatic carbocycles. The number of nitrogens with zero attached hydrogens (tertiary/aromatic N) is 2. The first-order valence-electron chi connectivity index (χ1n) is 7.31. The highest BCUT2D eigenvalue weighted by Crippen LogP contribution is 2.33. The fourth-order valence-electron chi connectivity index (χ4n) is 2.78. The third-order valence-corrected chi connectivity index (χ3v) is 4.13. The minimum absolute atomic E-state index is 0.259. The van der Waals surface area contributed by atoms with Crippen molar-refractivity contribution in [1.29, 1.82) is 0 Å². The summed E-state index contributed by atoms with van der Waals surface area (Å²) in [6.45, 7) is 2.18. The summed E-state index contributed by atoms with van der Waals surface area (Å²) in [5, 5.41) is 11.8. The van der Waals surface area contributed by atoms with Gasteiger partial charge < -0.3 is 25.0 Å². The van der Waals surface area contributed by atoms with Crippen LogP contribution in [0.15, 0.2) is 18.2 Å². The second kappa shape index (κ2) is 5.75. The highest BCUT2D eigenvalue weighted by Gasteiger charge is 2.31. The fourth-order valence-corrected chi connectivity index (χ4v) is 2.78. The molecular formula is C15H19N3O4. The number of ether oxygens (including phenoxy) is 1. The second-order valence-electron chi connectivity index (χ2n) is 5.65. The van der Waals surface area contributed by atoms with Crippen LogP contribution in [0.4, 0.5) is 16.2 Å². The summed E-state index contributed by atoms with van der Waals surface area (Å²) in [4.78, 5) is 26.8. The van der Waals surface area contributed by atoms with Gasteiger partial charge in [0.1, 0.15) is 12.4 Å². The predicted octanol–water partition coefficient (Wildman–Crippen LogP) is 1.45. The highest BCUT2D eigenvalue weighted by atomic mass is 16.5. The number of carbonyl (C=O) groups is 2. The Balaban J connectivity index is 1.67. The van der Waals surface area contributed by atoms with E-state index in [1.165, 1.54) is 0 Å². The Morgan fingerprint density at radius 1 is 1.36 bits per heavy atom. The van der Waals surface area contributed by atoms with Gasteiger partial charge in [0.05, 0.1) is 18.2 Å². The molecule has 0 saturated carbocycles. The van der Waals surface area contributed by atoms with E-state index in [2.05, 4.69) is 10.2 Å². The van der Waals surface area contributed by atoms with Gasteiger partial charge >= 0.3 is 12.0 Å². The molecular weight excluding hydrogens is 286 g/mol. The summed E-state index contributed by atoms with van der Waals surface area (Å²) in [6.07, 6.45) is 0.503. The Hall–Kier alpha value is -2.44. The Kier molecular flexibility index (Phi) is 3.79. The number of hydrogen-bond donors (Lipinski definition) is 2. The van der Waals surface area contributed by atoms with Crippen LogP contribution in [0, 0.1) is 5.92 Å². The molecule has 2 heterocycles. The Labute approximate surface area is 128 Å². The predicted molar refractivity (Wildman–Crippen MR) is 81.5 cm³/mol. The molecule has 0 bridgehead atoms. The molecule has 7 nitrogen and oxygen atoms in total. The maximum atomic E-state index is 12.2. The minimum atomic E-state index is -0.845. The molecule has 2 aliphatic rings. The SMILES string of the molecule is CN1CCOc2ccc(NC(=O)N3CCC(C(=O)O)C3)cc21. The molecule has 2 aliphatic heterocycles. The number of carboxylic acids is 1. The number of rotatable bonds is 2. The number of fused-ring (bicyclic) bond motifs is 1. The van der Waals surface area contributed by atoms with E-state index < -0.39 is 11.9 Å². The normalized spacial score (nSPS) is 20.3. The number of amides is 2. The fraction of sp³-hybridized carbons (Fsp3) is 0.467. The van der Waals surface area contributed by atoms with Crippen molar-refractivity contribution in [3.05, 3.63) is 18.2 Å². The molecule has 1 unspecified atom stereocenters. The van der Waals surface area contributed by atoms with Gasteiger partial charge in [-0.3, -0.25) is 4.79 Å². The van der Waals surface area contributed by atoms with E-state index in [1.807, 2.05) is 19.2 Å². The van der Waals surface area contributed by atoms with E-state index >= 15 is 0 Å². The zero-order valence-corrected chi connectivity index (χ0v) is 12.4. The summed E-state index contributed by atoms with van der Waals surface area (Å²) < 4.78 is 5.56. The van der Waals surface area contributed by atoms with Crippen LogP contribution in [0.5, 0.6) is 5.75 Å². The number of likely N-dealkylation sites (tertiary alicyclic amines) is 1. The monoisotopic (exact) mass is 305 g/mol. The molecule has 1 aromatic rings. The molecule has 118 valence electrons. The maximum Gasteiger partial charge on any atom is 0.321 e. The summed E-state index contributed by atoms with van der Waals surface area (Å²) in [5.74, 6) is -0.504. The number of likely N-dealkylation sites (N-methyl/N-ethyl adjacent to an activating group) is 1. The van der Waals surface area contributed by atoms with Crippen LogP contribution >= 0.6 is 0 Å². The van der Waals surface area contributed by atoms with Crippen molar-refractivity contribution in [1.82, 2.24) is 4.90 Å². The number of carboxylic acid groups (broad SMARTS) is 1. The van der Waals surface area contributed by atoms with Gasteiger partial charge in [0.15, 0.2) is 0 Å². The first kappa shape index (κ1) is 14.5. The van der Waals surface area contributed by atoms with Crippen molar-refractivity contribution in [3.63, 3.8) is 0 Å². The zero-order valence-electron chi connectivity index (χ0n) is 12.4. The quantitative estimate of drug-likeness (QED) is 0.864. The van der Waals surface area contributed by atoms with E-state index in [9.17, 15) is 9.59 Å². The number of anilines is 2. The van der Waals surface area contributed by atoms with Gasteiger partial charge in [-0.05, 0) is 24.6 Å². The van der Waals surface area contributed by atoms with Gasteiger partial charge in [-0.1, -0.05) is 0 Å². The molecule has 0 aliphatic carbocycles. The van der Waals surface area contributed by atoms with Crippen molar-refractivity contribution < 1.29 is 19.4 Å². The molecule has 2 N–H and O–H groups in total. The zero-order chi connectivity index (χ0) is 15.7. The average Bonchev–Trinajstić information content (AvgIpc) is 2.98. The lowest BCUT2D eigenvalue weighted by Gasteiger charge is -2.28. The smallest absolute Gasteiger partial charge is 0.321 e. The molecule has 2 amide bonds. The summed E-state index contributed by atoms with van der Waals surface area (Å²) in [5.41, 5.74) is 1.62. The Bertz CT molecular complexity index is 604. The number of urea groups is 1. The van der Waals surface area contributed by atoms with E-state index in [4.69, 9.17) is 9.84 Å². The first-order valence-corrected chi connectivity index (χ1v) is 7.31. The van der Waals surface area contributed by atoms with Crippen LogP contribution in [0.1, 0.15) is 6.42 Å². The number of hydrogen-bond acceptors (Lipinski definition) is 4. The standard InChI is InChI=1S/C15H19N3O4/c1-17-6-7-22-13-3-2-11(8-12(13)17)16-15(21)18-5-4-10(9-18)14(19)20/h2-3,8,10H,4-7,9H2,1H3,(H,16,21)(H,19,20). The Morgan fingerprint density at radius 2 is 2.18 bits per heavy atom. The van der Waals surface area contributed by atoms with Crippen LogP contribution in [-0.4, -0.2) is 55.3 Å². The second-order valence-corrected chi connectivity index (χ2v) is 5.65. The van der Waals surface area contributed by atoms with Gasteiger partial charge in [-0.15, -0.1) is 0 Å². The molecule has 0 spiro atoms. The van der Waals surface area contributed by atoms with Crippen molar-refractivity contribution >= 4 is 23.4 Å². The summed E-state index contributed by atoms with van der Waals surface area (Å²) in [7, 11) is 1.98. The molecule has 0 aromatic heterocycles. The number of nitrogens with one attached hydrogen (secondary N) is 1. The van der Waals surface area contributed by atoms with Gasteiger partial charge in [0.25, 0.3) is 0 Å². The third kappa shape index (κ3) is 2.79. The lowest BCUT2D eigenvalue weighted by Crippen LogP contribution is -2.34. The van der Waals surface area contributed by atoms with E-state index in [1.54, 1.807) is 11.0 Å². The van der Waals surface area contributed by atoms with Crippen LogP contribution in [-0.2, 0) is 4.79 Å². The van der Waals surface area contributed by atoms with Crippen LogP contribution in [0.2, 0.25) is 0 Å². The average molecular weight is 305 g/mol. The first-order chi connectivity index (χ1) is 10.5. The summed E-state index contributed by atoms with van der Waals surface area (Å²) in [6, 6.07) is 5.24. The molecule has 22 heavy (non-hydrogen) atoms. The molecule has 7 heteroatoms. The minimum Gasteiger partial charge on any atom is -0.490 e. The Morgan fingerprint density at radius 3 is 2.91 bits per heavy atom. The van der Waals surface area contributed by atoms with Gasteiger partial charge in [0, 0.05) is 25.8 Å². The topological polar surface area (TPSA) is 82.1 Å². The van der Waals surface area contributed by atoms with Crippen LogP contribution in [0.3, 0.4) is 0 Å². The van der Waals surface area contributed by atoms with E-state index in [0.717, 1.165) is 18.0 Å². The van der Waals surface area contributed by atoms with Gasteiger partial charge in [0.2, 0.25) is 0 Å². The lowest BCUT2D eigenvalue weighted by molar-refractivity contribution is -0.141. The lowest BCUT2D eigenvalue weighted by atomic mass is 10.1. The van der Waals surface area contributed by atoms with Crippen molar-refractivity contribution in [2.45, 2.75) is 6.42 Å². The molecule has 1 atom stereocenters. The summed E-state index contributed by atoms with van der Waals surface area (Å²) >= 11 is 0. The number of benzene rings is 1. The van der Waals surface area contributed by atoms with Crippen LogP contribution < -0.4 is 15.0 Å². The van der Waals surface area contributed by atoms with Crippen molar-refractivity contribution in [2.75, 3.05) is 43.5 Å². The molecule has 1 fully saturated rings. The number of carbonyl (C=O) groups excluding carboxylic acids is 1. The third-order valence-electron chi connectivity index (χ3n) is 4.13. The molecule has 3 rings (SSSR count). The largest absolute Gasteiger partial charge is 0.490 e. The van der Waals surface area contributed by atoms with E-state index in [-0.39, 0.29) is 12.6 Å². The van der Waals surface area contributed by atoms with E-state index in [0.29, 0.717) is 25.3 Å². The molecule has 1 saturated heterocycles. The van der Waals surface area contributed by atoms with Crippen molar-refractivity contribution in [2.24, 2.45) is 5.92 Å². The van der Waals surface area contributed by atoms with Crippen LogP contribution in [0.25, 0.3) is 0 Å². The van der Waals surface area contributed by atoms with Crippen molar-refractivity contribution in [3.8, 4) is 5.75 Å². The van der Waals surface area contributed by atoms with Gasteiger partial charge in [-0.2, -0.15) is 0 Å². The maximum absolute atomic E-state index is 12.2. The molecule has 0 radical (unpaired) electrons.